The van der Waals surface area contributed by atoms with E-state index in [9.17, 15) is 9.59 Å². The molecule has 1 aromatic carbocycles. The van der Waals surface area contributed by atoms with Crippen LogP contribution in [0.2, 0.25) is 0 Å². The standard InChI is InChI=1S/C24H35FN4O4/c1-14(2)11-16(5)33-21-13-20(29-24(31)28(6)22(27-29)15(3)4)19(25)12-18(21)23(30)26-17-7-9-32-10-8-17/h12-17H,7-11H2,1-6H3,(H,26,30)/t16-/m0/s1. The highest BCUT2D eigenvalue weighted by molar-refractivity contribution is 5.97. The molecule has 2 heterocycles. The van der Waals surface area contributed by atoms with Crippen molar-refractivity contribution in [2.75, 3.05) is 13.2 Å². The minimum Gasteiger partial charge on any atom is -0.490 e. The predicted octanol–water partition coefficient (Wildman–Crippen LogP) is 3.56. The number of benzene rings is 1. The van der Waals surface area contributed by atoms with Crippen LogP contribution < -0.4 is 15.7 Å². The fraction of sp³-hybridized carbons (Fsp3) is 0.625. The van der Waals surface area contributed by atoms with Gasteiger partial charge < -0.3 is 14.8 Å². The fourth-order valence-electron chi connectivity index (χ4n) is 4.13. The Balaban J connectivity index is 2.03. The summed E-state index contributed by atoms with van der Waals surface area (Å²) in [4.78, 5) is 25.8. The van der Waals surface area contributed by atoms with Gasteiger partial charge in [0.2, 0.25) is 0 Å². The molecule has 9 heteroatoms. The SMILES string of the molecule is CC(C)C[C@H](C)Oc1cc(-n2nc(C(C)C)n(C)c2=O)c(F)cc1C(=O)NC1CCOCC1. The molecule has 182 valence electrons. The molecule has 0 bridgehead atoms. The summed E-state index contributed by atoms with van der Waals surface area (Å²) in [5.74, 6) is 0.00994. The van der Waals surface area contributed by atoms with Crippen LogP contribution in [0.25, 0.3) is 5.69 Å². The maximum atomic E-state index is 15.3. The Morgan fingerprint density at radius 3 is 2.48 bits per heavy atom. The monoisotopic (exact) mass is 462 g/mol. The highest BCUT2D eigenvalue weighted by Gasteiger charge is 2.25. The third kappa shape index (κ3) is 5.82. The first-order valence-corrected chi connectivity index (χ1v) is 11.6. The number of halogens is 1. The van der Waals surface area contributed by atoms with E-state index < -0.39 is 17.4 Å². The molecule has 1 amide bonds. The van der Waals surface area contributed by atoms with Crippen molar-refractivity contribution in [3.05, 3.63) is 39.8 Å². The van der Waals surface area contributed by atoms with Crippen molar-refractivity contribution >= 4 is 5.91 Å². The van der Waals surface area contributed by atoms with E-state index in [4.69, 9.17) is 9.47 Å². The number of amides is 1. The van der Waals surface area contributed by atoms with E-state index >= 15 is 4.39 Å². The molecule has 1 aliphatic heterocycles. The van der Waals surface area contributed by atoms with Crippen molar-refractivity contribution in [3.8, 4) is 11.4 Å². The zero-order valence-corrected chi connectivity index (χ0v) is 20.4. The van der Waals surface area contributed by atoms with E-state index in [0.29, 0.717) is 37.8 Å². The maximum absolute atomic E-state index is 15.3. The van der Waals surface area contributed by atoms with Crippen LogP contribution in [0.15, 0.2) is 16.9 Å². The molecule has 0 aliphatic carbocycles. The topological polar surface area (TPSA) is 87.4 Å². The molecule has 1 aliphatic rings. The van der Waals surface area contributed by atoms with Crippen LogP contribution >= 0.6 is 0 Å². The molecule has 1 saturated heterocycles. The molecule has 1 N–H and O–H groups in total. The number of nitrogens with one attached hydrogen (secondary N) is 1. The lowest BCUT2D eigenvalue weighted by Gasteiger charge is -2.24. The summed E-state index contributed by atoms with van der Waals surface area (Å²) in [6.07, 6.45) is 1.96. The first-order chi connectivity index (χ1) is 15.6. The van der Waals surface area contributed by atoms with Gasteiger partial charge in [-0.1, -0.05) is 27.7 Å². The zero-order valence-electron chi connectivity index (χ0n) is 20.4. The second-order valence-electron chi connectivity index (χ2n) is 9.48. The molecule has 33 heavy (non-hydrogen) atoms. The van der Waals surface area contributed by atoms with Gasteiger partial charge in [0.25, 0.3) is 5.91 Å². The lowest BCUT2D eigenvalue weighted by Crippen LogP contribution is -2.39. The van der Waals surface area contributed by atoms with Crippen LogP contribution in [0, 0.1) is 11.7 Å². The number of hydrogen-bond donors (Lipinski definition) is 1. The van der Waals surface area contributed by atoms with Crippen molar-refractivity contribution < 1.29 is 18.7 Å². The van der Waals surface area contributed by atoms with Crippen LogP contribution in [-0.2, 0) is 11.8 Å². The summed E-state index contributed by atoms with van der Waals surface area (Å²) >= 11 is 0. The Hall–Kier alpha value is -2.68. The average Bonchev–Trinajstić information content (AvgIpc) is 3.04. The summed E-state index contributed by atoms with van der Waals surface area (Å²) in [7, 11) is 1.61. The van der Waals surface area contributed by atoms with Gasteiger partial charge in [-0.3, -0.25) is 9.36 Å². The summed E-state index contributed by atoms with van der Waals surface area (Å²) in [6.45, 7) is 11.0. The van der Waals surface area contributed by atoms with Gasteiger partial charge in [0.1, 0.15) is 23.1 Å². The Bertz CT molecular complexity index is 1040. The number of hydrogen-bond acceptors (Lipinski definition) is 5. The van der Waals surface area contributed by atoms with E-state index in [2.05, 4.69) is 24.3 Å². The molecule has 0 saturated carbocycles. The minimum atomic E-state index is -0.716. The molecule has 3 rings (SSSR count). The number of carbonyl (C=O) groups is 1. The highest BCUT2D eigenvalue weighted by Crippen LogP contribution is 2.28. The number of ether oxygens (including phenoxy) is 2. The van der Waals surface area contributed by atoms with Gasteiger partial charge in [-0.15, -0.1) is 5.10 Å². The fourth-order valence-corrected chi connectivity index (χ4v) is 4.13. The third-order valence-corrected chi connectivity index (χ3v) is 5.74. The van der Waals surface area contributed by atoms with E-state index in [1.807, 2.05) is 20.8 Å². The van der Waals surface area contributed by atoms with E-state index in [1.165, 1.54) is 10.6 Å². The number of nitrogens with zero attached hydrogens (tertiary/aromatic N) is 3. The van der Waals surface area contributed by atoms with Gasteiger partial charge in [-0.2, -0.15) is 4.68 Å². The number of aromatic nitrogens is 3. The summed E-state index contributed by atoms with van der Waals surface area (Å²) in [6, 6.07) is 2.50. The Labute approximate surface area is 194 Å². The average molecular weight is 463 g/mol. The first kappa shape index (κ1) is 25.0. The molecule has 1 atom stereocenters. The molecule has 1 aromatic heterocycles. The smallest absolute Gasteiger partial charge is 0.350 e. The van der Waals surface area contributed by atoms with E-state index in [0.717, 1.165) is 17.2 Å². The first-order valence-electron chi connectivity index (χ1n) is 11.6. The molecule has 0 spiro atoms. The van der Waals surface area contributed by atoms with Crippen molar-refractivity contribution in [2.45, 2.75) is 71.9 Å². The van der Waals surface area contributed by atoms with Crippen LogP contribution in [0.1, 0.15) is 76.0 Å². The lowest BCUT2D eigenvalue weighted by atomic mass is 10.1. The Morgan fingerprint density at radius 1 is 1.24 bits per heavy atom. The maximum Gasteiger partial charge on any atom is 0.350 e. The van der Waals surface area contributed by atoms with Crippen molar-refractivity contribution in [1.29, 1.82) is 0 Å². The molecule has 0 unspecified atom stereocenters. The highest BCUT2D eigenvalue weighted by atomic mass is 19.1. The van der Waals surface area contributed by atoms with Gasteiger partial charge in [0.05, 0.1) is 11.7 Å². The Morgan fingerprint density at radius 2 is 1.91 bits per heavy atom. The summed E-state index contributed by atoms with van der Waals surface area (Å²) < 4.78 is 29.1. The Kier molecular flexibility index (Phi) is 7.94. The van der Waals surface area contributed by atoms with Crippen LogP contribution in [-0.4, -0.2) is 45.6 Å². The van der Waals surface area contributed by atoms with Crippen molar-refractivity contribution in [3.63, 3.8) is 0 Å². The summed E-state index contributed by atoms with van der Waals surface area (Å²) in [5.41, 5.74) is -0.401. The van der Waals surface area contributed by atoms with Crippen LogP contribution in [0.4, 0.5) is 4.39 Å². The molecular formula is C24H35FN4O4. The zero-order chi connectivity index (χ0) is 24.3. The molecule has 0 radical (unpaired) electrons. The van der Waals surface area contributed by atoms with Gasteiger partial charge >= 0.3 is 5.69 Å². The van der Waals surface area contributed by atoms with Crippen LogP contribution in [0.5, 0.6) is 5.75 Å². The summed E-state index contributed by atoms with van der Waals surface area (Å²) in [5, 5.41) is 7.30. The third-order valence-electron chi connectivity index (χ3n) is 5.74. The normalized spacial score (nSPS) is 15.8. The second kappa shape index (κ2) is 10.5. The van der Waals surface area contributed by atoms with Gasteiger partial charge in [-0.25, -0.2) is 9.18 Å². The molecule has 8 nitrogen and oxygen atoms in total. The van der Waals surface area contributed by atoms with Gasteiger partial charge in [0.15, 0.2) is 0 Å². The molecule has 1 fully saturated rings. The van der Waals surface area contributed by atoms with Crippen LogP contribution in [0.3, 0.4) is 0 Å². The van der Waals surface area contributed by atoms with Crippen molar-refractivity contribution in [1.82, 2.24) is 19.7 Å². The molecular weight excluding hydrogens is 427 g/mol. The van der Waals surface area contributed by atoms with Crippen molar-refractivity contribution in [2.24, 2.45) is 13.0 Å². The minimum absolute atomic E-state index is 0.0154. The van der Waals surface area contributed by atoms with Gasteiger partial charge in [-0.05, 0) is 38.2 Å². The van der Waals surface area contributed by atoms with Gasteiger partial charge in [0, 0.05) is 38.3 Å². The lowest BCUT2D eigenvalue weighted by molar-refractivity contribution is 0.0693. The number of carbonyl (C=O) groups excluding carboxylic acids is 1. The molecule has 2 aromatic rings. The quantitative estimate of drug-likeness (QED) is 0.648. The predicted molar refractivity (Wildman–Crippen MR) is 124 cm³/mol. The largest absolute Gasteiger partial charge is 0.490 e. The number of rotatable bonds is 8. The second-order valence-corrected chi connectivity index (χ2v) is 9.48. The van der Waals surface area contributed by atoms with E-state index in [1.54, 1.807) is 7.05 Å². The van der Waals surface area contributed by atoms with E-state index in [-0.39, 0.29) is 35.1 Å².